The molecule has 0 aliphatic heterocycles. The van der Waals surface area contributed by atoms with E-state index in [-0.39, 0.29) is 17.9 Å². The van der Waals surface area contributed by atoms with Crippen molar-refractivity contribution in [2.75, 3.05) is 11.9 Å². The molecule has 0 unspecified atom stereocenters. The third kappa shape index (κ3) is 4.56. The lowest BCUT2D eigenvalue weighted by Gasteiger charge is -2.19. The van der Waals surface area contributed by atoms with Gasteiger partial charge in [-0.05, 0) is 30.0 Å². The standard InChI is InChI=1S/C16H20N2O2S/c1-11-9-17-15(21-11)18-14(19)10-20-13-7-5-12(6-8-13)16(2,3)4/h5-9H,10H2,1-4H3,(H,17,18,19). The van der Waals surface area contributed by atoms with Crippen LogP contribution in [0.15, 0.2) is 30.5 Å². The molecular weight excluding hydrogens is 284 g/mol. The number of aromatic nitrogens is 1. The number of hydrogen-bond donors (Lipinski definition) is 1. The van der Waals surface area contributed by atoms with Gasteiger partial charge in [-0.1, -0.05) is 32.9 Å². The molecule has 0 fully saturated rings. The van der Waals surface area contributed by atoms with Crippen molar-refractivity contribution in [3.8, 4) is 5.75 Å². The Bertz CT molecular complexity index is 612. The van der Waals surface area contributed by atoms with Gasteiger partial charge in [-0.25, -0.2) is 4.98 Å². The number of ether oxygens (including phenoxy) is 1. The lowest BCUT2D eigenvalue weighted by Crippen LogP contribution is -2.20. The molecule has 1 aromatic carbocycles. The molecule has 0 aliphatic carbocycles. The maximum atomic E-state index is 11.8. The highest BCUT2D eigenvalue weighted by Gasteiger charge is 2.13. The van der Waals surface area contributed by atoms with Crippen LogP contribution in [0.25, 0.3) is 0 Å². The molecule has 0 saturated heterocycles. The maximum absolute atomic E-state index is 11.8. The molecule has 1 aromatic heterocycles. The van der Waals surface area contributed by atoms with Gasteiger partial charge in [0.2, 0.25) is 0 Å². The number of nitrogens with one attached hydrogen (secondary N) is 1. The lowest BCUT2D eigenvalue weighted by molar-refractivity contribution is -0.118. The number of rotatable bonds is 4. The van der Waals surface area contributed by atoms with Crippen LogP contribution in [0, 0.1) is 6.92 Å². The predicted octanol–water partition coefficient (Wildman–Crippen LogP) is 3.77. The predicted molar refractivity (Wildman–Crippen MR) is 86.1 cm³/mol. The minimum Gasteiger partial charge on any atom is -0.484 e. The van der Waals surface area contributed by atoms with Gasteiger partial charge in [0.15, 0.2) is 11.7 Å². The molecule has 5 heteroatoms. The van der Waals surface area contributed by atoms with Gasteiger partial charge in [-0.3, -0.25) is 10.1 Å². The monoisotopic (exact) mass is 304 g/mol. The van der Waals surface area contributed by atoms with Crippen LogP contribution in [-0.2, 0) is 10.2 Å². The van der Waals surface area contributed by atoms with Gasteiger partial charge in [0.25, 0.3) is 5.91 Å². The van der Waals surface area contributed by atoms with Crippen molar-refractivity contribution < 1.29 is 9.53 Å². The van der Waals surface area contributed by atoms with E-state index in [4.69, 9.17) is 4.74 Å². The van der Waals surface area contributed by atoms with Crippen LogP contribution in [0.4, 0.5) is 5.13 Å². The van der Waals surface area contributed by atoms with Gasteiger partial charge in [-0.15, -0.1) is 11.3 Å². The zero-order chi connectivity index (χ0) is 15.5. The SMILES string of the molecule is Cc1cnc(NC(=O)COc2ccc(C(C)(C)C)cc2)s1. The van der Waals surface area contributed by atoms with Crippen LogP contribution in [0.2, 0.25) is 0 Å². The van der Waals surface area contributed by atoms with Gasteiger partial charge >= 0.3 is 0 Å². The zero-order valence-electron chi connectivity index (χ0n) is 12.8. The first kappa shape index (κ1) is 15.5. The fraction of sp³-hybridized carbons (Fsp3) is 0.375. The van der Waals surface area contributed by atoms with Gasteiger partial charge in [0, 0.05) is 11.1 Å². The van der Waals surface area contributed by atoms with E-state index in [1.807, 2.05) is 31.2 Å². The molecule has 0 bridgehead atoms. The van der Waals surface area contributed by atoms with E-state index in [2.05, 4.69) is 31.1 Å². The van der Waals surface area contributed by atoms with E-state index < -0.39 is 0 Å². The number of hydrogen-bond acceptors (Lipinski definition) is 4. The van der Waals surface area contributed by atoms with Crippen molar-refractivity contribution >= 4 is 22.4 Å². The third-order valence-electron chi connectivity index (χ3n) is 2.96. The summed E-state index contributed by atoms with van der Waals surface area (Å²) in [4.78, 5) is 16.9. The summed E-state index contributed by atoms with van der Waals surface area (Å²) in [6, 6.07) is 7.83. The molecule has 0 aliphatic rings. The van der Waals surface area contributed by atoms with Crippen molar-refractivity contribution in [3.05, 3.63) is 40.9 Å². The van der Waals surface area contributed by atoms with Gasteiger partial charge in [-0.2, -0.15) is 0 Å². The molecule has 2 aromatic rings. The molecule has 0 atom stereocenters. The maximum Gasteiger partial charge on any atom is 0.264 e. The number of thiazole rings is 1. The summed E-state index contributed by atoms with van der Waals surface area (Å²) in [6.07, 6.45) is 1.73. The number of benzene rings is 1. The van der Waals surface area contributed by atoms with E-state index in [9.17, 15) is 4.79 Å². The van der Waals surface area contributed by atoms with Crippen molar-refractivity contribution in [2.45, 2.75) is 33.1 Å². The van der Waals surface area contributed by atoms with Crippen LogP contribution in [0.1, 0.15) is 31.2 Å². The second kappa shape index (κ2) is 6.26. The van der Waals surface area contributed by atoms with Gasteiger partial charge in [0.1, 0.15) is 5.75 Å². The molecule has 4 nitrogen and oxygen atoms in total. The highest BCUT2D eigenvalue weighted by molar-refractivity contribution is 7.15. The Morgan fingerprint density at radius 3 is 2.48 bits per heavy atom. The summed E-state index contributed by atoms with van der Waals surface area (Å²) in [5, 5.41) is 3.31. The van der Waals surface area contributed by atoms with E-state index in [0.29, 0.717) is 10.9 Å². The molecule has 2 rings (SSSR count). The van der Waals surface area contributed by atoms with Crippen molar-refractivity contribution in [2.24, 2.45) is 0 Å². The van der Waals surface area contributed by atoms with Crippen molar-refractivity contribution in [1.29, 1.82) is 0 Å². The van der Waals surface area contributed by atoms with Crippen LogP contribution < -0.4 is 10.1 Å². The average molecular weight is 304 g/mol. The molecule has 1 N–H and O–H groups in total. The summed E-state index contributed by atoms with van der Waals surface area (Å²) in [5.74, 6) is 0.484. The molecule has 21 heavy (non-hydrogen) atoms. The van der Waals surface area contributed by atoms with Crippen molar-refractivity contribution in [3.63, 3.8) is 0 Å². The summed E-state index contributed by atoms with van der Waals surface area (Å²) in [6.45, 7) is 8.40. The first-order valence-corrected chi connectivity index (χ1v) is 7.62. The summed E-state index contributed by atoms with van der Waals surface area (Å²) in [7, 11) is 0. The van der Waals surface area contributed by atoms with E-state index in [1.165, 1.54) is 16.9 Å². The first-order valence-electron chi connectivity index (χ1n) is 6.80. The Hall–Kier alpha value is -1.88. The Morgan fingerprint density at radius 2 is 1.95 bits per heavy atom. The quantitative estimate of drug-likeness (QED) is 0.935. The Kier molecular flexibility index (Phi) is 4.63. The van der Waals surface area contributed by atoms with Crippen molar-refractivity contribution in [1.82, 2.24) is 4.98 Å². The average Bonchev–Trinajstić information content (AvgIpc) is 2.81. The number of carbonyl (C=O) groups is 1. The molecule has 0 radical (unpaired) electrons. The summed E-state index contributed by atoms with van der Waals surface area (Å²) in [5.41, 5.74) is 1.34. The topological polar surface area (TPSA) is 51.2 Å². The lowest BCUT2D eigenvalue weighted by atomic mass is 9.87. The largest absolute Gasteiger partial charge is 0.484 e. The second-order valence-electron chi connectivity index (χ2n) is 5.89. The van der Waals surface area contributed by atoms with Gasteiger partial charge in [0.05, 0.1) is 0 Å². The normalized spacial score (nSPS) is 11.2. The van der Waals surface area contributed by atoms with Gasteiger partial charge < -0.3 is 4.74 Å². The first-order chi connectivity index (χ1) is 9.84. The Balaban J connectivity index is 1.86. The van der Waals surface area contributed by atoms with E-state index >= 15 is 0 Å². The van der Waals surface area contributed by atoms with Crippen LogP contribution in [0.3, 0.4) is 0 Å². The minimum atomic E-state index is -0.204. The summed E-state index contributed by atoms with van der Waals surface area (Å²) >= 11 is 1.44. The fourth-order valence-corrected chi connectivity index (χ4v) is 2.45. The summed E-state index contributed by atoms with van der Waals surface area (Å²) < 4.78 is 5.48. The number of aryl methyl sites for hydroxylation is 1. The molecule has 1 amide bonds. The molecule has 1 heterocycles. The Morgan fingerprint density at radius 1 is 1.29 bits per heavy atom. The Labute approximate surface area is 129 Å². The smallest absolute Gasteiger partial charge is 0.264 e. The van der Waals surface area contributed by atoms with E-state index in [0.717, 1.165) is 4.88 Å². The third-order valence-corrected chi connectivity index (χ3v) is 3.79. The van der Waals surface area contributed by atoms with Crippen LogP contribution in [0.5, 0.6) is 5.75 Å². The fourth-order valence-electron chi connectivity index (χ4n) is 1.77. The highest BCUT2D eigenvalue weighted by atomic mass is 32.1. The number of carbonyl (C=O) groups excluding carboxylic acids is 1. The number of anilines is 1. The number of amides is 1. The molecule has 112 valence electrons. The molecular formula is C16H20N2O2S. The molecule has 0 saturated carbocycles. The highest BCUT2D eigenvalue weighted by Crippen LogP contribution is 2.24. The molecule has 0 spiro atoms. The van der Waals surface area contributed by atoms with Crippen LogP contribution >= 0.6 is 11.3 Å². The van der Waals surface area contributed by atoms with E-state index in [1.54, 1.807) is 6.20 Å². The minimum absolute atomic E-state index is 0.0203. The number of nitrogens with zero attached hydrogens (tertiary/aromatic N) is 1. The van der Waals surface area contributed by atoms with Crippen LogP contribution in [-0.4, -0.2) is 17.5 Å². The second-order valence-corrected chi connectivity index (χ2v) is 7.12. The zero-order valence-corrected chi connectivity index (χ0v) is 13.6.